The molecule has 1 aliphatic rings. The van der Waals surface area contributed by atoms with Crippen molar-refractivity contribution in [1.29, 1.82) is 0 Å². The molecule has 1 amide bonds. The standard InChI is InChI=1S/C8H14N4O3/c1-3-5-11(14)7-8(13)9-12(15,10-11)6-4-2/h3-4,10H,1-2,5-7H2,(H,9,13). The zero-order valence-electron chi connectivity index (χ0n) is 8.31. The summed E-state index contributed by atoms with van der Waals surface area (Å²) in [5, 5.41) is 23.7. The first-order chi connectivity index (χ1) is 6.93. The first kappa shape index (κ1) is 11.8. The Hall–Kier alpha value is -1.25. The van der Waals surface area contributed by atoms with Crippen LogP contribution in [0.25, 0.3) is 0 Å². The van der Waals surface area contributed by atoms with Crippen LogP contribution in [-0.2, 0) is 4.79 Å². The van der Waals surface area contributed by atoms with Crippen molar-refractivity contribution in [3.8, 4) is 0 Å². The molecule has 7 nitrogen and oxygen atoms in total. The van der Waals surface area contributed by atoms with Gasteiger partial charge in [0.15, 0.2) is 6.54 Å². The highest BCUT2D eigenvalue weighted by molar-refractivity contribution is 5.76. The van der Waals surface area contributed by atoms with Gasteiger partial charge in [-0.2, -0.15) is 5.43 Å². The summed E-state index contributed by atoms with van der Waals surface area (Å²) in [5.41, 5.74) is 4.35. The van der Waals surface area contributed by atoms with Crippen LogP contribution in [0.15, 0.2) is 25.3 Å². The summed E-state index contributed by atoms with van der Waals surface area (Å²) in [6.45, 7) is 6.27. The van der Waals surface area contributed by atoms with Crippen LogP contribution in [0.5, 0.6) is 0 Å². The normalized spacial score (nSPS) is 35.7. The lowest BCUT2D eigenvalue weighted by Crippen LogP contribution is -2.79. The Morgan fingerprint density at radius 3 is 2.47 bits per heavy atom. The molecule has 0 aliphatic carbocycles. The zero-order chi connectivity index (χ0) is 11.5. The second-order valence-electron chi connectivity index (χ2n) is 3.36. The number of rotatable bonds is 4. The molecule has 15 heavy (non-hydrogen) atoms. The Labute approximate surface area is 87.5 Å². The van der Waals surface area contributed by atoms with Crippen molar-refractivity contribution in [3.63, 3.8) is 0 Å². The molecule has 0 spiro atoms. The molecule has 1 fully saturated rings. The maximum atomic E-state index is 11.9. The van der Waals surface area contributed by atoms with Gasteiger partial charge in [-0.15, -0.1) is 4.86 Å². The van der Waals surface area contributed by atoms with E-state index in [1.165, 1.54) is 12.2 Å². The Bertz CT molecular complexity index is 270. The number of carbonyl (C=O) groups is 1. The highest BCUT2D eigenvalue weighted by atomic mass is 16.7. The van der Waals surface area contributed by atoms with E-state index in [1.54, 1.807) is 0 Å². The van der Waals surface area contributed by atoms with E-state index in [2.05, 4.69) is 24.1 Å². The van der Waals surface area contributed by atoms with E-state index in [9.17, 15) is 15.2 Å². The molecule has 1 aliphatic heterocycles. The first-order valence-corrected chi connectivity index (χ1v) is 4.43. The minimum atomic E-state index is -1.29. The summed E-state index contributed by atoms with van der Waals surface area (Å²) in [7, 11) is 0. The van der Waals surface area contributed by atoms with Gasteiger partial charge < -0.3 is 10.4 Å². The summed E-state index contributed by atoms with van der Waals surface area (Å²) < 4.78 is -1.10. The average Bonchev–Trinajstić information content (AvgIpc) is 1.99. The van der Waals surface area contributed by atoms with Crippen LogP contribution < -0.4 is 11.0 Å². The Kier molecular flexibility index (Phi) is 3.22. The average molecular weight is 214 g/mol. The number of amides is 1. The molecule has 0 bridgehead atoms. The number of nitrogens with zero attached hydrogens (tertiary/aromatic N) is 2. The monoisotopic (exact) mass is 214 g/mol. The smallest absolute Gasteiger partial charge is 0.324 e. The van der Waals surface area contributed by atoms with E-state index in [4.69, 9.17) is 0 Å². The highest BCUT2D eigenvalue weighted by Crippen LogP contribution is 2.10. The van der Waals surface area contributed by atoms with Gasteiger partial charge in [0.1, 0.15) is 13.1 Å². The van der Waals surface area contributed by atoms with E-state index in [1.807, 2.05) is 0 Å². The van der Waals surface area contributed by atoms with E-state index in [0.29, 0.717) is 0 Å². The molecule has 7 heteroatoms. The highest BCUT2D eigenvalue weighted by Gasteiger charge is 2.37. The maximum absolute atomic E-state index is 11.9. The predicted molar refractivity (Wildman–Crippen MR) is 53.5 cm³/mol. The third-order valence-electron chi connectivity index (χ3n) is 1.86. The fourth-order valence-corrected chi connectivity index (χ4v) is 1.41. The number of nitrogens with one attached hydrogen (secondary N) is 2. The van der Waals surface area contributed by atoms with Gasteiger partial charge >= 0.3 is 5.91 Å². The lowest BCUT2D eigenvalue weighted by molar-refractivity contribution is -1.14. The fraction of sp³-hybridized carbons (Fsp3) is 0.375. The molecule has 0 aromatic heterocycles. The topological polar surface area (TPSA) is 87.2 Å². The van der Waals surface area contributed by atoms with Crippen molar-refractivity contribution in [2.75, 3.05) is 19.6 Å². The van der Waals surface area contributed by atoms with Crippen molar-refractivity contribution in [1.82, 2.24) is 11.0 Å². The molecule has 84 valence electrons. The van der Waals surface area contributed by atoms with Gasteiger partial charge in [-0.25, -0.2) is 4.76 Å². The van der Waals surface area contributed by atoms with Crippen LogP contribution in [0.2, 0.25) is 0 Å². The third-order valence-corrected chi connectivity index (χ3v) is 1.86. The van der Waals surface area contributed by atoms with Crippen molar-refractivity contribution < 1.29 is 14.4 Å². The lowest BCUT2D eigenvalue weighted by atomic mass is 10.5. The van der Waals surface area contributed by atoms with Crippen LogP contribution in [0, 0.1) is 10.4 Å². The first-order valence-electron chi connectivity index (χ1n) is 4.43. The van der Waals surface area contributed by atoms with E-state index < -0.39 is 15.5 Å². The van der Waals surface area contributed by atoms with Crippen molar-refractivity contribution in [2.45, 2.75) is 0 Å². The summed E-state index contributed by atoms with van der Waals surface area (Å²) in [6, 6.07) is 0. The van der Waals surface area contributed by atoms with E-state index >= 15 is 0 Å². The lowest BCUT2D eigenvalue weighted by Gasteiger charge is -2.51. The van der Waals surface area contributed by atoms with Crippen LogP contribution in [0.3, 0.4) is 0 Å². The molecule has 2 atom stereocenters. The summed E-state index contributed by atoms with van der Waals surface area (Å²) in [5.74, 6) is -0.595. The SMILES string of the molecule is C=CC[N+]1([O-])CC(=O)N[N+]([O-])(CC=C)N1. The minimum Gasteiger partial charge on any atom is -0.607 e. The number of hydrogen-bond donors (Lipinski definition) is 2. The summed E-state index contributed by atoms with van der Waals surface area (Å²) in [6.07, 6.45) is 2.68. The van der Waals surface area contributed by atoms with Gasteiger partial charge in [0.2, 0.25) is 0 Å². The molecular weight excluding hydrogens is 200 g/mol. The molecule has 1 heterocycles. The molecule has 2 N–H and O–H groups in total. The molecule has 0 radical (unpaired) electrons. The fourth-order valence-electron chi connectivity index (χ4n) is 1.41. The van der Waals surface area contributed by atoms with Gasteiger partial charge in [0.25, 0.3) is 0 Å². The number of hydrogen-bond acceptors (Lipinski definition) is 4. The van der Waals surface area contributed by atoms with Crippen molar-refractivity contribution >= 4 is 5.91 Å². The Morgan fingerprint density at radius 2 is 1.93 bits per heavy atom. The van der Waals surface area contributed by atoms with Gasteiger partial charge in [-0.3, -0.25) is 4.79 Å². The van der Waals surface area contributed by atoms with Gasteiger partial charge in [0.05, 0.1) is 0 Å². The van der Waals surface area contributed by atoms with Crippen molar-refractivity contribution in [2.24, 2.45) is 0 Å². The van der Waals surface area contributed by atoms with Gasteiger partial charge in [-0.1, -0.05) is 13.2 Å². The molecular formula is C8H14N4O3. The molecule has 0 aromatic rings. The van der Waals surface area contributed by atoms with Crippen LogP contribution >= 0.6 is 0 Å². The minimum absolute atomic E-state index is 0.0488. The number of hydroxylamine groups is 3. The van der Waals surface area contributed by atoms with Gasteiger partial charge in [0, 0.05) is 5.53 Å². The van der Waals surface area contributed by atoms with E-state index in [-0.39, 0.29) is 19.6 Å². The summed E-state index contributed by atoms with van der Waals surface area (Å²) >= 11 is 0. The number of quaternary nitrogens is 2. The van der Waals surface area contributed by atoms with Crippen LogP contribution in [0.4, 0.5) is 0 Å². The zero-order valence-corrected chi connectivity index (χ0v) is 8.31. The third kappa shape index (κ3) is 2.85. The molecule has 0 aromatic carbocycles. The van der Waals surface area contributed by atoms with Gasteiger partial charge in [-0.05, 0) is 12.2 Å². The molecule has 0 saturated carbocycles. The molecule has 2 unspecified atom stereocenters. The predicted octanol–water partition coefficient (Wildman–Crippen LogP) is -0.548. The second kappa shape index (κ2) is 4.09. The molecule has 1 saturated heterocycles. The van der Waals surface area contributed by atoms with Crippen LogP contribution in [-0.4, -0.2) is 35.2 Å². The van der Waals surface area contributed by atoms with Crippen LogP contribution in [0.1, 0.15) is 0 Å². The molecule has 1 rings (SSSR count). The van der Waals surface area contributed by atoms with E-state index in [0.717, 1.165) is 0 Å². The quantitative estimate of drug-likeness (QED) is 0.373. The van der Waals surface area contributed by atoms with Crippen molar-refractivity contribution in [3.05, 3.63) is 35.7 Å². The summed E-state index contributed by atoms with van der Waals surface area (Å²) in [4.78, 5) is 9.90. The maximum Gasteiger partial charge on any atom is 0.324 e. The second-order valence-corrected chi connectivity index (χ2v) is 3.36. The Balaban J connectivity index is 2.83. The largest absolute Gasteiger partial charge is 0.607 e. The Morgan fingerprint density at radius 1 is 1.33 bits per heavy atom. The number of carbonyl (C=O) groups excluding carboxylic acids is 1.